The fourth-order valence-corrected chi connectivity index (χ4v) is 5.00. The standard InChI is InChI=1S/C22H28N4O4/c1-14-5-4-6-16(7-14)8-19(27)24-18-9-17-11-26(20(28)12-29-3)13-22(17,10-18)21-23-15(2)25-30-21/h4-7,17-18H,8-13H2,1-3H3,(H,24,27)/t17-,18+,22-/m0/s1. The minimum absolute atomic E-state index is 0.00903. The predicted octanol–water partition coefficient (Wildman–Crippen LogP) is 1.55. The number of carbonyl (C=O) groups is 2. The number of benzene rings is 1. The van der Waals surface area contributed by atoms with Crippen LogP contribution in [-0.2, 0) is 26.2 Å². The van der Waals surface area contributed by atoms with Crippen molar-refractivity contribution in [3.8, 4) is 0 Å². The van der Waals surface area contributed by atoms with Crippen LogP contribution >= 0.6 is 0 Å². The molecule has 1 saturated heterocycles. The minimum Gasteiger partial charge on any atom is -0.375 e. The first-order chi connectivity index (χ1) is 14.4. The lowest BCUT2D eigenvalue weighted by molar-refractivity contribution is -0.134. The van der Waals surface area contributed by atoms with Crippen LogP contribution in [0.3, 0.4) is 0 Å². The van der Waals surface area contributed by atoms with Crippen molar-refractivity contribution < 1.29 is 18.8 Å². The quantitative estimate of drug-likeness (QED) is 0.773. The molecule has 2 amide bonds. The van der Waals surface area contributed by atoms with E-state index in [1.807, 2.05) is 36.1 Å². The van der Waals surface area contributed by atoms with Gasteiger partial charge < -0.3 is 19.5 Å². The van der Waals surface area contributed by atoms with E-state index >= 15 is 0 Å². The van der Waals surface area contributed by atoms with Crippen molar-refractivity contribution in [2.45, 2.75) is 44.6 Å². The van der Waals surface area contributed by atoms with Gasteiger partial charge in [0.1, 0.15) is 6.61 Å². The van der Waals surface area contributed by atoms with Gasteiger partial charge in [0.15, 0.2) is 5.82 Å². The van der Waals surface area contributed by atoms with Gasteiger partial charge in [-0.25, -0.2) is 0 Å². The molecule has 0 spiro atoms. The summed E-state index contributed by atoms with van der Waals surface area (Å²) in [4.78, 5) is 31.4. The third-order valence-electron chi connectivity index (χ3n) is 6.26. The Labute approximate surface area is 176 Å². The average Bonchev–Trinajstić information content (AvgIpc) is 3.34. The number of methoxy groups -OCH3 is 1. The normalized spacial score (nSPS) is 25.4. The second kappa shape index (κ2) is 8.18. The number of nitrogens with one attached hydrogen (secondary N) is 1. The summed E-state index contributed by atoms with van der Waals surface area (Å²) in [5, 5.41) is 7.16. The van der Waals surface area contributed by atoms with Crippen molar-refractivity contribution >= 4 is 11.8 Å². The number of fused-ring (bicyclic) bond motifs is 1. The Bertz CT molecular complexity index is 943. The van der Waals surface area contributed by atoms with Gasteiger partial charge in [0, 0.05) is 26.2 Å². The van der Waals surface area contributed by atoms with E-state index in [2.05, 4.69) is 15.5 Å². The number of carbonyl (C=O) groups excluding carboxylic acids is 2. The molecule has 4 rings (SSSR count). The van der Waals surface area contributed by atoms with E-state index in [0.717, 1.165) is 17.5 Å². The van der Waals surface area contributed by atoms with Gasteiger partial charge in [0.25, 0.3) is 0 Å². The van der Waals surface area contributed by atoms with Crippen LogP contribution in [0.4, 0.5) is 0 Å². The highest BCUT2D eigenvalue weighted by Gasteiger charge is 2.58. The zero-order chi connectivity index (χ0) is 21.3. The fourth-order valence-electron chi connectivity index (χ4n) is 5.00. The summed E-state index contributed by atoms with van der Waals surface area (Å²) >= 11 is 0. The Morgan fingerprint density at radius 2 is 2.20 bits per heavy atom. The number of hydrogen-bond acceptors (Lipinski definition) is 6. The molecule has 1 N–H and O–H groups in total. The number of amides is 2. The molecule has 0 bridgehead atoms. The molecule has 8 heteroatoms. The van der Waals surface area contributed by atoms with Crippen LogP contribution in [0.1, 0.15) is 35.7 Å². The smallest absolute Gasteiger partial charge is 0.248 e. The Morgan fingerprint density at radius 3 is 2.90 bits per heavy atom. The molecule has 1 saturated carbocycles. The Kier molecular flexibility index (Phi) is 5.60. The van der Waals surface area contributed by atoms with Crippen molar-refractivity contribution in [2.75, 3.05) is 26.8 Å². The molecule has 1 aromatic heterocycles. The molecule has 2 aromatic rings. The average molecular weight is 412 g/mol. The van der Waals surface area contributed by atoms with Gasteiger partial charge in [-0.2, -0.15) is 4.98 Å². The maximum Gasteiger partial charge on any atom is 0.248 e. The van der Waals surface area contributed by atoms with Crippen molar-refractivity contribution in [3.05, 3.63) is 47.1 Å². The first kappa shape index (κ1) is 20.5. The van der Waals surface area contributed by atoms with Crippen LogP contribution in [0.2, 0.25) is 0 Å². The summed E-state index contributed by atoms with van der Waals surface area (Å²) in [6.07, 6.45) is 1.81. The van der Waals surface area contributed by atoms with Crippen molar-refractivity contribution in [1.29, 1.82) is 0 Å². The van der Waals surface area contributed by atoms with Crippen LogP contribution in [0.5, 0.6) is 0 Å². The molecular weight excluding hydrogens is 384 g/mol. The van der Waals surface area contributed by atoms with Crippen molar-refractivity contribution in [2.24, 2.45) is 5.92 Å². The van der Waals surface area contributed by atoms with Crippen molar-refractivity contribution in [3.63, 3.8) is 0 Å². The van der Waals surface area contributed by atoms with Gasteiger partial charge in [-0.05, 0) is 38.2 Å². The lowest BCUT2D eigenvalue weighted by Crippen LogP contribution is -2.40. The molecular formula is C22H28N4O4. The summed E-state index contributed by atoms with van der Waals surface area (Å²) in [7, 11) is 1.52. The predicted molar refractivity (Wildman–Crippen MR) is 109 cm³/mol. The lowest BCUT2D eigenvalue weighted by atomic mass is 9.80. The number of hydrogen-bond donors (Lipinski definition) is 1. The maximum atomic E-state index is 12.7. The molecule has 2 aliphatic rings. The summed E-state index contributed by atoms with van der Waals surface area (Å²) in [5.41, 5.74) is 1.72. The monoisotopic (exact) mass is 412 g/mol. The van der Waals surface area contributed by atoms with Crippen LogP contribution < -0.4 is 5.32 Å². The molecule has 30 heavy (non-hydrogen) atoms. The Hall–Kier alpha value is -2.74. The van der Waals surface area contributed by atoms with Gasteiger partial charge in [-0.3, -0.25) is 9.59 Å². The fraction of sp³-hybridized carbons (Fsp3) is 0.545. The van der Waals surface area contributed by atoms with Gasteiger partial charge in [0.05, 0.1) is 11.8 Å². The van der Waals surface area contributed by atoms with E-state index in [9.17, 15) is 9.59 Å². The highest BCUT2D eigenvalue weighted by atomic mass is 16.5. The molecule has 0 unspecified atom stereocenters. The Morgan fingerprint density at radius 1 is 1.37 bits per heavy atom. The number of nitrogens with zero attached hydrogens (tertiary/aromatic N) is 3. The topological polar surface area (TPSA) is 97.6 Å². The molecule has 1 aliphatic heterocycles. The molecule has 160 valence electrons. The van der Waals surface area contributed by atoms with E-state index in [4.69, 9.17) is 9.26 Å². The molecule has 8 nitrogen and oxygen atoms in total. The lowest BCUT2D eigenvalue weighted by Gasteiger charge is -2.25. The van der Waals surface area contributed by atoms with Crippen LogP contribution in [0.25, 0.3) is 0 Å². The molecule has 1 aliphatic carbocycles. The summed E-state index contributed by atoms with van der Waals surface area (Å²) < 4.78 is 10.6. The number of aryl methyl sites for hydroxylation is 2. The van der Waals surface area contributed by atoms with E-state index in [1.165, 1.54) is 7.11 Å². The van der Waals surface area contributed by atoms with Gasteiger partial charge in [0.2, 0.25) is 17.7 Å². The zero-order valence-electron chi connectivity index (χ0n) is 17.7. The Balaban J connectivity index is 1.48. The zero-order valence-corrected chi connectivity index (χ0v) is 17.7. The van der Waals surface area contributed by atoms with Crippen LogP contribution in [0.15, 0.2) is 28.8 Å². The molecule has 0 radical (unpaired) electrons. The largest absolute Gasteiger partial charge is 0.375 e. The van der Waals surface area contributed by atoms with E-state index in [-0.39, 0.29) is 30.4 Å². The highest BCUT2D eigenvalue weighted by molar-refractivity contribution is 5.79. The molecule has 2 heterocycles. The summed E-state index contributed by atoms with van der Waals surface area (Å²) in [6.45, 7) is 4.98. The van der Waals surface area contributed by atoms with Gasteiger partial charge in [-0.1, -0.05) is 35.0 Å². The van der Waals surface area contributed by atoms with Crippen LogP contribution in [-0.4, -0.2) is 59.7 Å². The molecule has 3 atom stereocenters. The molecule has 1 aromatic carbocycles. The first-order valence-electron chi connectivity index (χ1n) is 10.3. The van der Waals surface area contributed by atoms with Crippen LogP contribution in [0, 0.1) is 19.8 Å². The van der Waals surface area contributed by atoms with Crippen molar-refractivity contribution in [1.82, 2.24) is 20.4 Å². The number of aromatic nitrogens is 2. The second-order valence-electron chi connectivity index (χ2n) is 8.58. The SMILES string of the molecule is COCC(=O)N1C[C@@H]2C[C@@H](NC(=O)Cc3cccc(C)c3)C[C@]2(c2nc(C)no2)C1. The first-order valence-corrected chi connectivity index (χ1v) is 10.3. The van der Waals surface area contributed by atoms with Gasteiger partial charge >= 0.3 is 0 Å². The summed E-state index contributed by atoms with van der Waals surface area (Å²) in [5.74, 6) is 1.26. The number of rotatable bonds is 6. The molecule has 2 fully saturated rings. The number of likely N-dealkylation sites (tertiary alicyclic amines) is 1. The summed E-state index contributed by atoms with van der Waals surface area (Å²) in [6, 6.07) is 8.00. The minimum atomic E-state index is -0.425. The maximum absolute atomic E-state index is 12.7. The third kappa shape index (κ3) is 3.96. The van der Waals surface area contributed by atoms with E-state index in [1.54, 1.807) is 6.92 Å². The second-order valence-corrected chi connectivity index (χ2v) is 8.58. The van der Waals surface area contributed by atoms with Gasteiger partial charge in [-0.15, -0.1) is 0 Å². The van der Waals surface area contributed by atoms with E-state index < -0.39 is 5.41 Å². The third-order valence-corrected chi connectivity index (χ3v) is 6.26. The highest BCUT2D eigenvalue weighted by Crippen LogP contribution is 2.50. The van der Waals surface area contributed by atoms with E-state index in [0.29, 0.717) is 37.6 Å². The number of ether oxygens (including phenoxy) is 1.